The second-order valence-corrected chi connectivity index (χ2v) is 8.28. The Morgan fingerprint density at radius 2 is 1.61 bits per heavy atom. The van der Waals surface area contributed by atoms with Gasteiger partial charge in [-0.3, -0.25) is 0 Å². The lowest BCUT2D eigenvalue weighted by molar-refractivity contribution is 0.415. The number of aromatic nitrogens is 1. The highest BCUT2D eigenvalue weighted by Gasteiger charge is 2.11. The zero-order valence-corrected chi connectivity index (χ0v) is 18.0. The Kier molecular flexibility index (Phi) is 5.10. The summed E-state index contributed by atoms with van der Waals surface area (Å²) in [4.78, 5) is 10.9. The van der Waals surface area contributed by atoms with E-state index in [1.807, 2.05) is 72.8 Å². The molecule has 0 unspecified atom stereocenters. The molecular weight excluding hydrogens is 404 g/mol. The van der Waals surface area contributed by atoms with Gasteiger partial charge in [-0.15, -0.1) is 0 Å². The Morgan fingerprint density at radius 1 is 0.871 bits per heavy atom. The molecule has 2 aromatic heterocycles. The highest BCUT2D eigenvalue weighted by molar-refractivity contribution is 7.15. The molecule has 0 atom stereocenters. The van der Waals surface area contributed by atoms with Crippen LogP contribution in [0.2, 0.25) is 0 Å². The predicted octanol–water partition coefficient (Wildman–Crippen LogP) is 6.77. The summed E-state index contributed by atoms with van der Waals surface area (Å²) in [5.74, 6) is 1.55. The van der Waals surface area contributed by atoms with Crippen molar-refractivity contribution in [1.29, 1.82) is 0 Å². The van der Waals surface area contributed by atoms with Crippen molar-refractivity contribution >= 4 is 27.4 Å². The highest BCUT2D eigenvalue weighted by Crippen LogP contribution is 2.32. The van der Waals surface area contributed by atoms with Gasteiger partial charge in [0.15, 0.2) is 0 Å². The van der Waals surface area contributed by atoms with Crippen LogP contribution in [0, 0.1) is 6.92 Å². The first-order chi connectivity index (χ1) is 15.2. The van der Waals surface area contributed by atoms with Crippen molar-refractivity contribution in [3.05, 3.63) is 95.2 Å². The first-order valence-corrected chi connectivity index (χ1v) is 10.8. The number of hydrogen-bond donors (Lipinski definition) is 0. The number of aryl methyl sites for hydroxylation is 1. The van der Waals surface area contributed by atoms with E-state index in [4.69, 9.17) is 19.1 Å². The minimum absolute atomic E-state index is 0.730. The molecule has 0 bridgehead atoms. The van der Waals surface area contributed by atoms with Crippen LogP contribution in [0.1, 0.15) is 4.88 Å². The Hall–Kier alpha value is -3.70. The van der Waals surface area contributed by atoms with E-state index in [2.05, 4.69) is 19.1 Å². The average Bonchev–Trinajstić information content (AvgIpc) is 3.19. The summed E-state index contributed by atoms with van der Waals surface area (Å²) in [5.41, 5.74) is 3.82. The van der Waals surface area contributed by atoms with E-state index in [0.29, 0.717) is 0 Å². The quantitative estimate of drug-likeness (QED) is 0.320. The van der Waals surface area contributed by atoms with Crippen molar-refractivity contribution in [3.8, 4) is 28.3 Å². The third-order valence-corrected chi connectivity index (χ3v) is 5.94. The Bertz CT molecular complexity index is 1420. The first-order valence-electron chi connectivity index (χ1n) is 9.96. The van der Waals surface area contributed by atoms with E-state index in [0.717, 1.165) is 54.7 Å². The molecule has 0 aliphatic heterocycles. The molecule has 5 aromatic rings. The molecule has 0 spiro atoms. The topological polar surface area (TPSA) is 47.6 Å². The number of fused-ring (bicyclic) bond motifs is 1. The fraction of sp³-hybridized carbons (Fsp3) is 0.0769. The van der Waals surface area contributed by atoms with E-state index in [1.54, 1.807) is 18.4 Å². The lowest BCUT2D eigenvalue weighted by atomic mass is 10.1. The monoisotopic (exact) mass is 424 g/mol. The minimum atomic E-state index is 0.730. The second-order valence-electron chi connectivity index (χ2n) is 7.10. The molecule has 0 N–H and O–H groups in total. The van der Waals surface area contributed by atoms with Crippen LogP contribution in [0.5, 0.6) is 5.75 Å². The van der Waals surface area contributed by atoms with E-state index >= 15 is 0 Å². The summed E-state index contributed by atoms with van der Waals surface area (Å²) < 4.78 is 11.5. The van der Waals surface area contributed by atoms with Gasteiger partial charge in [-0.2, -0.15) is 0 Å². The largest absolute Gasteiger partial charge is 0.497 e. The summed E-state index contributed by atoms with van der Waals surface area (Å²) >= 11 is 1.59. The molecule has 5 rings (SSSR count). The standard InChI is InChI=1S/C26H20N2O2S/c1-17-25(19-8-4-3-5-9-19)28-26(31-17)27-22-16-24(18-12-14-20(29-2)15-13-18)30-23-11-7-6-10-21(22)23/h3-16H,1-2H3/b27-22+. The zero-order valence-electron chi connectivity index (χ0n) is 17.2. The van der Waals surface area contributed by atoms with Crippen LogP contribution in [-0.2, 0) is 0 Å². The van der Waals surface area contributed by atoms with Crippen LogP contribution in [0.3, 0.4) is 0 Å². The summed E-state index contributed by atoms with van der Waals surface area (Å²) in [5, 5.41) is 2.52. The fourth-order valence-electron chi connectivity index (χ4n) is 3.50. The van der Waals surface area contributed by atoms with Gasteiger partial charge in [-0.25, -0.2) is 9.98 Å². The number of methoxy groups -OCH3 is 1. The lowest BCUT2D eigenvalue weighted by Crippen LogP contribution is -2.03. The van der Waals surface area contributed by atoms with Crippen LogP contribution in [0.15, 0.2) is 94.3 Å². The normalized spacial score (nSPS) is 11.7. The van der Waals surface area contributed by atoms with Crippen LogP contribution < -0.4 is 10.1 Å². The predicted molar refractivity (Wildman–Crippen MR) is 126 cm³/mol. The van der Waals surface area contributed by atoms with Gasteiger partial charge in [0, 0.05) is 27.5 Å². The van der Waals surface area contributed by atoms with Gasteiger partial charge >= 0.3 is 0 Å². The van der Waals surface area contributed by atoms with Crippen LogP contribution in [-0.4, -0.2) is 12.1 Å². The molecule has 0 aliphatic rings. The number of ether oxygens (including phenoxy) is 1. The maximum absolute atomic E-state index is 6.18. The maximum Gasteiger partial charge on any atom is 0.210 e. The van der Waals surface area contributed by atoms with Crippen molar-refractivity contribution in [2.45, 2.75) is 6.92 Å². The van der Waals surface area contributed by atoms with E-state index in [1.165, 1.54) is 0 Å². The van der Waals surface area contributed by atoms with Gasteiger partial charge in [-0.05, 0) is 43.3 Å². The zero-order chi connectivity index (χ0) is 21.2. The van der Waals surface area contributed by atoms with E-state index < -0.39 is 0 Å². The molecule has 0 fully saturated rings. The summed E-state index contributed by atoms with van der Waals surface area (Å²) in [6.07, 6.45) is 0. The third-order valence-electron chi connectivity index (χ3n) is 5.07. The summed E-state index contributed by atoms with van der Waals surface area (Å²) in [6.45, 7) is 2.08. The third kappa shape index (κ3) is 3.88. The van der Waals surface area contributed by atoms with E-state index in [9.17, 15) is 0 Å². The summed E-state index contributed by atoms with van der Waals surface area (Å²) in [6, 6.07) is 27.9. The first kappa shape index (κ1) is 19.3. The molecule has 3 aromatic carbocycles. The Labute approximate surface area is 184 Å². The van der Waals surface area contributed by atoms with Gasteiger partial charge in [-0.1, -0.05) is 53.8 Å². The van der Waals surface area contributed by atoms with Crippen LogP contribution in [0.4, 0.5) is 5.13 Å². The number of rotatable bonds is 4. The molecule has 31 heavy (non-hydrogen) atoms. The molecule has 0 aliphatic carbocycles. The number of thiazole rings is 1. The molecule has 0 saturated heterocycles. The van der Waals surface area contributed by atoms with Crippen LogP contribution in [0.25, 0.3) is 33.6 Å². The van der Waals surface area contributed by atoms with Gasteiger partial charge < -0.3 is 9.15 Å². The molecular formula is C26H20N2O2S. The van der Waals surface area contributed by atoms with Crippen LogP contribution >= 0.6 is 11.3 Å². The number of nitrogens with zero attached hydrogens (tertiary/aromatic N) is 2. The SMILES string of the molecule is COc1ccc(-c2c/c(=N\c3nc(-c4ccccc4)c(C)s3)c3ccccc3o2)cc1. The molecule has 4 nitrogen and oxygen atoms in total. The summed E-state index contributed by atoms with van der Waals surface area (Å²) in [7, 11) is 1.66. The van der Waals surface area contributed by atoms with E-state index in [-0.39, 0.29) is 0 Å². The highest BCUT2D eigenvalue weighted by atomic mass is 32.1. The number of para-hydroxylation sites is 1. The smallest absolute Gasteiger partial charge is 0.210 e. The fourth-order valence-corrected chi connectivity index (χ4v) is 4.32. The minimum Gasteiger partial charge on any atom is -0.497 e. The van der Waals surface area contributed by atoms with Gasteiger partial charge in [0.2, 0.25) is 5.13 Å². The Morgan fingerprint density at radius 3 is 2.39 bits per heavy atom. The van der Waals surface area contributed by atoms with Crippen molar-refractivity contribution < 1.29 is 9.15 Å². The molecule has 0 amide bonds. The molecule has 5 heteroatoms. The van der Waals surface area contributed by atoms with Crippen molar-refractivity contribution in [1.82, 2.24) is 4.98 Å². The lowest BCUT2D eigenvalue weighted by Gasteiger charge is -2.05. The molecule has 0 saturated carbocycles. The molecule has 152 valence electrons. The van der Waals surface area contributed by atoms with Crippen molar-refractivity contribution in [2.75, 3.05) is 7.11 Å². The van der Waals surface area contributed by atoms with Gasteiger partial charge in [0.05, 0.1) is 18.2 Å². The molecule has 2 heterocycles. The maximum atomic E-state index is 6.18. The molecule has 0 radical (unpaired) electrons. The Balaban J connectivity index is 1.66. The van der Waals surface area contributed by atoms with Gasteiger partial charge in [0.1, 0.15) is 17.1 Å². The van der Waals surface area contributed by atoms with Crippen molar-refractivity contribution in [3.63, 3.8) is 0 Å². The number of benzene rings is 3. The van der Waals surface area contributed by atoms with Gasteiger partial charge in [0.25, 0.3) is 0 Å². The second kappa shape index (κ2) is 8.20. The van der Waals surface area contributed by atoms with Crippen molar-refractivity contribution in [2.24, 2.45) is 4.99 Å². The average molecular weight is 425 g/mol. The number of hydrogen-bond acceptors (Lipinski definition) is 5.